The first-order chi connectivity index (χ1) is 5.06. The van der Waals surface area contributed by atoms with Crippen molar-refractivity contribution in [3.05, 3.63) is 12.7 Å². The van der Waals surface area contributed by atoms with Gasteiger partial charge in [-0.15, -0.1) is 6.58 Å². The number of aliphatic hydroxyl groups is 3. The number of hydrogen-bond donors (Lipinski definition) is 3. The molecule has 11 heavy (non-hydrogen) atoms. The summed E-state index contributed by atoms with van der Waals surface area (Å²) in [7, 11) is 0. The standard InChI is InChI=1S/C3H8O.C3H6.C2H6O2/c1-3(2)4;1-3-2;3-1-2-4/h3-4H,1-2H3;3H,1H2,2H3;3-4H,1-2H2. The SMILES string of the molecule is C=CC.CC(C)O.OCCO. The summed E-state index contributed by atoms with van der Waals surface area (Å²) in [4.78, 5) is 0. The number of hydrogen-bond acceptors (Lipinski definition) is 3. The Morgan fingerprint density at radius 3 is 1.36 bits per heavy atom. The first-order valence-corrected chi connectivity index (χ1v) is 3.53. The summed E-state index contributed by atoms with van der Waals surface area (Å²) in [6, 6.07) is 0. The van der Waals surface area contributed by atoms with Gasteiger partial charge in [-0.25, -0.2) is 0 Å². The highest BCUT2D eigenvalue weighted by Crippen LogP contribution is 1.65. The van der Waals surface area contributed by atoms with Crippen molar-refractivity contribution in [3.8, 4) is 0 Å². The van der Waals surface area contributed by atoms with Gasteiger partial charge in [-0.3, -0.25) is 0 Å². The quantitative estimate of drug-likeness (QED) is 0.496. The van der Waals surface area contributed by atoms with Crippen LogP contribution in [-0.2, 0) is 0 Å². The van der Waals surface area contributed by atoms with Gasteiger partial charge in [0.15, 0.2) is 0 Å². The maximum absolute atomic E-state index is 8.06. The van der Waals surface area contributed by atoms with Crippen molar-refractivity contribution >= 4 is 0 Å². The Kier molecular flexibility index (Phi) is 34.8. The van der Waals surface area contributed by atoms with E-state index in [-0.39, 0.29) is 19.3 Å². The molecule has 0 aliphatic carbocycles. The summed E-state index contributed by atoms with van der Waals surface area (Å²) in [5, 5.41) is 23.3. The van der Waals surface area contributed by atoms with E-state index in [2.05, 4.69) is 6.58 Å². The van der Waals surface area contributed by atoms with E-state index in [9.17, 15) is 0 Å². The van der Waals surface area contributed by atoms with E-state index in [1.165, 1.54) is 0 Å². The van der Waals surface area contributed by atoms with Crippen molar-refractivity contribution < 1.29 is 15.3 Å². The molecule has 0 saturated heterocycles. The summed E-state index contributed by atoms with van der Waals surface area (Å²) in [5.41, 5.74) is 0. The van der Waals surface area contributed by atoms with E-state index in [1.54, 1.807) is 19.9 Å². The van der Waals surface area contributed by atoms with Gasteiger partial charge in [-0.1, -0.05) is 6.08 Å². The minimum atomic E-state index is -0.167. The fourth-order valence-electron chi connectivity index (χ4n) is 0. The third-order valence-corrected chi connectivity index (χ3v) is 0.1000. The largest absolute Gasteiger partial charge is 0.394 e. The van der Waals surface area contributed by atoms with Crippen LogP contribution >= 0.6 is 0 Å². The van der Waals surface area contributed by atoms with Gasteiger partial charge in [0.2, 0.25) is 0 Å². The molecule has 3 N–H and O–H groups in total. The molecule has 0 unspecified atom stereocenters. The summed E-state index contributed by atoms with van der Waals surface area (Å²) in [6.45, 7) is 8.44. The number of allylic oxidation sites excluding steroid dienone is 1. The Morgan fingerprint density at radius 2 is 1.36 bits per heavy atom. The lowest BCUT2D eigenvalue weighted by atomic mass is 10.5. The second-order valence-corrected chi connectivity index (χ2v) is 1.95. The van der Waals surface area contributed by atoms with E-state index in [4.69, 9.17) is 15.3 Å². The molecule has 0 rings (SSSR count). The normalized spacial score (nSPS) is 7.18. The van der Waals surface area contributed by atoms with Crippen molar-refractivity contribution in [2.24, 2.45) is 0 Å². The minimum absolute atomic E-state index is 0.125. The van der Waals surface area contributed by atoms with Gasteiger partial charge < -0.3 is 15.3 Å². The zero-order valence-electron chi connectivity index (χ0n) is 7.62. The van der Waals surface area contributed by atoms with Crippen molar-refractivity contribution in [2.45, 2.75) is 26.9 Å². The number of rotatable bonds is 1. The monoisotopic (exact) mass is 164 g/mol. The predicted octanol–water partition coefficient (Wildman–Crippen LogP) is 0.550. The average molecular weight is 164 g/mol. The Bertz CT molecular complexity index is 48.5. The topological polar surface area (TPSA) is 60.7 Å². The zero-order valence-corrected chi connectivity index (χ0v) is 7.62. The molecule has 0 heterocycles. The molecule has 0 saturated carbocycles. The van der Waals surface area contributed by atoms with E-state index >= 15 is 0 Å². The van der Waals surface area contributed by atoms with Gasteiger partial charge in [0, 0.05) is 6.10 Å². The Morgan fingerprint density at radius 1 is 1.27 bits per heavy atom. The molecule has 70 valence electrons. The molecule has 0 atom stereocenters. The van der Waals surface area contributed by atoms with Crippen LogP contribution in [0.15, 0.2) is 12.7 Å². The lowest BCUT2D eigenvalue weighted by Gasteiger charge is -1.80. The van der Waals surface area contributed by atoms with Crippen molar-refractivity contribution in [2.75, 3.05) is 13.2 Å². The fourth-order valence-corrected chi connectivity index (χ4v) is 0. The highest BCUT2D eigenvalue weighted by atomic mass is 16.3. The molecular weight excluding hydrogens is 144 g/mol. The van der Waals surface area contributed by atoms with Crippen LogP contribution in [0.4, 0.5) is 0 Å². The predicted molar refractivity (Wildman–Crippen MR) is 47.4 cm³/mol. The highest BCUT2D eigenvalue weighted by molar-refractivity contribution is 4.51. The smallest absolute Gasteiger partial charge is 0.0662 e. The fraction of sp³-hybridized carbons (Fsp3) is 0.750. The maximum Gasteiger partial charge on any atom is 0.0662 e. The third-order valence-electron chi connectivity index (χ3n) is 0.1000. The van der Waals surface area contributed by atoms with E-state index in [0.29, 0.717) is 0 Å². The van der Waals surface area contributed by atoms with Crippen LogP contribution in [0.1, 0.15) is 20.8 Å². The van der Waals surface area contributed by atoms with E-state index in [0.717, 1.165) is 0 Å². The van der Waals surface area contributed by atoms with Gasteiger partial charge in [0.05, 0.1) is 13.2 Å². The maximum atomic E-state index is 8.06. The summed E-state index contributed by atoms with van der Waals surface area (Å²) < 4.78 is 0. The van der Waals surface area contributed by atoms with E-state index < -0.39 is 0 Å². The third kappa shape index (κ3) is 1450. The second-order valence-electron chi connectivity index (χ2n) is 1.95. The van der Waals surface area contributed by atoms with Crippen molar-refractivity contribution in [1.29, 1.82) is 0 Å². The van der Waals surface area contributed by atoms with Gasteiger partial charge >= 0.3 is 0 Å². The molecule has 0 aliphatic heterocycles. The Balaban J connectivity index is -0.0000000886. The van der Waals surface area contributed by atoms with Crippen molar-refractivity contribution in [1.82, 2.24) is 0 Å². The van der Waals surface area contributed by atoms with Gasteiger partial charge in [0.1, 0.15) is 0 Å². The molecule has 0 bridgehead atoms. The molecule has 0 fully saturated rings. The van der Waals surface area contributed by atoms with Crippen LogP contribution in [0.2, 0.25) is 0 Å². The number of aliphatic hydroxyl groups excluding tert-OH is 3. The summed E-state index contributed by atoms with van der Waals surface area (Å²) in [6.07, 6.45) is 1.58. The first kappa shape index (κ1) is 16.9. The second kappa shape index (κ2) is 22.6. The van der Waals surface area contributed by atoms with Crippen LogP contribution < -0.4 is 0 Å². The molecule has 0 aromatic rings. The van der Waals surface area contributed by atoms with Crippen molar-refractivity contribution in [3.63, 3.8) is 0 Å². The highest BCUT2D eigenvalue weighted by Gasteiger charge is 1.69. The zero-order chi connectivity index (χ0) is 9.70. The average Bonchev–Trinajstić information content (AvgIpc) is 1.88. The Labute approximate surface area is 69.0 Å². The molecule has 0 aromatic carbocycles. The summed E-state index contributed by atoms with van der Waals surface area (Å²) in [5.74, 6) is 0. The molecule has 0 radical (unpaired) electrons. The molecule has 0 spiro atoms. The van der Waals surface area contributed by atoms with Crippen LogP contribution in [-0.4, -0.2) is 34.6 Å². The van der Waals surface area contributed by atoms with Gasteiger partial charge in [0.25, 0.3) is 0 Å². The molecule has 0 aromatic heterocycles. The van der Waals surface area contributed by atoms with E-state index in [1.807, 2.05) is 6.92 Å². The van der Waals surface area contributed by atoms with Gasteiger partial charge in [-0.2, -0.15) is 0 Å². The van der Waals surface area contributed by atoms with Crippen LogP contribution in [0.3, 0.4) is 0 Å². The Hall–Kier alpha value is -0.380. The van der Waals surface area contributed by atoms with Crippen LogP contribution in [0, 0.1) is 0 Å². The first-order valence-electron chi connectivity index (χ1n) is 3.53. The lowest BCUT2D eigenvalue weighted by Crippen LogP contribution is -1.85. The molecular formula is C8H20O3. The summed E-state index contributed by atoms with van der Waals surface area (Å²) >= 11 is 0. The van der Waals surface area contributed by atoms with Crippen LogP contribution in [0.5, 0.6) is 0 Å². The molecule has 0 amide bonds. The van der Waals surface area contributed by atoms with Crippen LogP contribution in [0.25, 0.3) is 0 Å². The van der Waals surface area contributed by atoms with Gasteiger partial charge in [-0.05, 0) is 20.8 Å². The molecule has 3 nitrogen and oxygen atoms in total. The lowest BCUT2D eigenvalue weighted by molar-refractivity contribution is 0.186. The molecule has 3 heteroatoms. The molecule has 0 aliphatic rings. The minimum Gasteiger partial charge on any atom is -0.394 e.